The number of carbonyl (C=O) groups is 1. The second-order valence-corrected chi connectivity index (χ2v) is 6.27. The molecule has 1 aliphatic heterocycles. The van der Waals surface area contributed by atoms with Gasteiger partial charge in [-0.05, 0) is 24.6 Å². The molecule has 2 rings (SSSR count). The van der Waals surface area contributed by atoms with E-state index in [1.165, 1.54) is 12.1 Å². The standard InChI is InChI=1S/C13H17NO5S/c1-9-2-3-10(8-12(9)20(14,16)17)13(15)19-11-4-6-18-7-5-11/h2-3,8,11H,4-7H2,1H3,(H2,14,16,17). The van der Waals surface area contributed by atoms with Gasteiger partial charge in [0.15, 0.2) is 0 Å². The first kappa shape index (κ1) is 15.0. The minimum atomic E-state index is -3.85. The Morgan fingerprint density at radius 1 is 1.35 bits per heavy atom. The van der Waals surface area contributed by atoms with Crippen LogP contribution in [0.2, 0.25) is 0 Å². The Morgan fingerprint density at radius 3 is 2.60 bits per heavy atom. The molecule has 1 aromatic carbocycles. The van der Waals surface area contributed by atoms with E-state index in [2.05, 4.69) is 0 Å². The Bertz CT molecular complexity index is 605. The van der Waals surface area contributed by atoms with E-state index >= 15 is 0 Å². The van der Waals surface area contributed by atoms with Crippen molar-refractivity contribution in [2.45, 2.75) is 30.8 Å². The van der Waals surface area contributed by atoms with Crippen molar-refractivity contribution >= 4 is 16.0 Å². The molecular weight excluding hydrogens is 282 g/mol. The number of nitrogens with two attached hydrogens (primary N) is 1. The molecule has 1 aromatic rings. The lowest BCUT2D eigenvalue weighted by molar-refractivity contribution is -0.0159. The van der Waals surface area contributed by atoms with Crippen molar-refractivity contribution in [2.24, 2.45) is 5.14 Å². The van der Waals surface area contributed by atoms with Gasteiger partial charge < -0.3 is 9.47 Å². The fraction of sp³-hybridized carbons (Fsp3) is 0.462. The largest absolute Gasteiger partial charge is 0.459 e. The van der Waals surface area contributed by atoms with Gasteiger partial charge in [-0.2, -0.15) is 0 Å². The fourth-order valence-electron chi connectivity index (χ4n) is 2.05. The lowest BCUT2D eigenvalue weighted by Crippen LogP contribution is -2.26. The summed E-state index contributed by atoms with van der Waals surface area (Å²) < 4.78 is 33.4. The van der Waals surface area contributed by atoms with E-state index in [0.29, 0.717) is 31.6 Å². The first-order chi connectivity index (χ1) is 9.38. The first-order valence-electron chi connectivity index (χ1n) is 6.30. The number of primary sulfonamides is 1. The number of hydrogen-bond acceptors (Lipinski definition) is 5. The zero-order chi connectivity index (χ0) is 14.8. The number of carbonyl (C=O) groups excluding carboxylic acids is 1. The molecule has 0 aliphatic carbocycles. The lowest BCUT2D eigenvalue weighted by Gasteiger charge is -2.22. The minimum absolute atomic E-state index is 0.0565. The van der Waals surface area contributed by atoms with Crippen molar-refractivity contribution in [3.8, 4) is 0 Å². The van der Waals surface area contributed by atoms with Gasteiger partial charge >= 0.3 is 5.97 Å². The molecular formula is C13H17NO5S. The van der Waals surface area contributed by atoms with Crippen LogP contribution in [-0.2, 0) is 19.5 Å². The third-order valence-corrected chi connectivity index (χ3v) is 4.23. The van der Waals surface area contributed by atoms with Crippen molar-refractivity contribution in [1.29, 1.82) is 0 Å². The van der Waals surface area contributed by atoms with Gasteiger partial charge in [0.25, 0.3) is 0 Å². The first-order valence-corrected chi connectivity index (χ1v) is 7.85. The van der Waals surface area contributed by atoms with Crippen LogP contribution < -0.4 is 5.14 Å². The summed E-state index contributed by atoms with van der Waals surface area (Å²) in [7, 11) is -3.85. The van der Waals surface area contributed by atoms with Crippen molar-refractivity contribution in [1.82, 2.24) is 0 Å². The van der Waals surface area contributed by atoms with Crippen molar-refractivity contribution in [3.63, 3.8) is 0 Å². The molecule has 0 bridgehead atoms. The predicted octanol–water partition coefficient (Wildman–Crippen LogP) is 0.978. The van der Waals surface area contributed by atoms with Crippen LogP contribution in [0.25, 0.3) is 0 Å². The van der Waals surface area contributed by atoms with Crippen molar-refractivity contribution in [3.05, 3.63) is 29.3 Å². The summed E-state index contributed by atoms with van der Waals surface area (Å²) in [5, 5.41) is 5.11. The molecule has 1 aliphatic rings. The molecule has 7 heteroatoms. The summed E-state index contributed by atoms with van der Waals surface area (Å²) in [6, 6.07) is 4.33. The Hall–Kier alpha value is -1.44. The third-order valence-electron chi connectivity index (χ3n) is 3.17. The van der Waals surface area contributed by atoms with E-state index < -0.39 is 16.0 Å². The monoisotopic (exact) mass is 299 g/mol. The average molecular weight is 299 g/mol. The maximum absolute atomic E-state index is 12.0. The van der Waals surface area contributed by atoms with Crippen LogP contribution in [0.3, 0.4) is 0 Å². The molecule has 0 atom stereocenters. The molecule has 0 radical (unpaired) electrons. The van der Waals surface area contributed by atoms with E-state index in [4.69, 9.17) is 14.6 Å². The summed E-state index contributed by atoms with van der Waals surface area (Å²) in [5.74, 6) is -0.540. The van der Waals surface area contributed by atoms with Gasteiger partial charge in [0.2, 0.25) is 10.0 Å². The number of esters is 1. The van der Waals surface area contributed by atoms with E-state index in [1.54, 1.807) is 13.0 Å². The highest BCUT2D eigenvalue weighted by atomic mass is 32.2. The molecule has 0 aromatic heterocycles. The summed E-state index contributed by atoms with van der Waals surface area (Å²) in [4.78, 5) is 11.9. The van der Waals surface area contributed by atoms with Crippen molar-refractivity contribution < 1.29 is 22.7 Å². The van der Waals surface area contributed by atoms with Gasteiger partial charge in [0, 0.05) is 12.8 Å². The lowest BCUT2D eigenvalue weighted by atomic mass is 10.1. The summed E-state index contributed by atoms with van der Waals surface area (Å²) in [6.45, 7) is 2.75. The molecule has 110 valence electrons. The van der Waals surface area contributed by atoms with Gasteiger partial charge in [0.05, 0.1) is 23.7 Å². The molecule has 1 saturated heterocycles. The van der Waals surface area contributed by atoms with Crippen LogP contribution in [0.4, 0.5) is 0 Å². The second-order valence-electron chi connectivity index (χ2n) is 4.74. The van der Waals surface area contributed by atoms with Crippen LogP contribution in [0.5, 0.6) is 0 Å². The molecule has 0 saturated carbocycles. The minimum Gasteiger partial charge on any atom is -0.459 e. The van der Waals surface area contributed by atoms with Gasteiger partial charge in [-0.25, -0.2) is 18.4 Å². The SMILES string of the molecule is Cc1ccc(C(=O)OC2CCOCC2)cc1S(N)(=O)=O. The summed E-state index contributed by atoms with van der Waals surface area (Å²) >= 11 is 0. The molecule has 0 unspecified atom stereocenters. The molecule has 2 N–H and O–H groups in total. The topological polar surface area (TPSA) is 95.7 Å². The maximum atomic E-state index is 12.0. The van der Waals surface area contributed by atoms with Crippen LogP contribution >= 0.6 is 0 Å². The number of ether oxygens (including phenoxy) is 2. The number of aryl methyl sites for hydroxylation is 1. The van der Waals surface area contributed by atoms with E-state index in [9.17, 15) is 13.2 Å². The highest BCUT2D eigenvalue weighted by Crippen LogP contribution is 2.18. The van der Waals surface area contributed by atoms with Gasteiger partial charge in [-0.1, -0.05) is 6.07 Å². The molecule has 1 heterocycles. The summed E-state index contributed by atoms with van der Waals surface area (Å²) in [6.07, 6.45) is 1.12. The van der Waals surface area contributed by atoms with E-state index in [-0.39, 0.29) is 16.6 Å². The number of rotatable bonds is 3. The Morgan fingerprint density at radius 2 is 2.00 bits per heavy atom. The van der Waals surface area contributed by atoms with Gasteiger partial charge in [0.1, 0.15) is 6.10 Å². The maximum Gasteiger partial charge on any atom is 0.338 e. The van der Waals surface area contributed by atoms with Crippen LogP contribution in [0.1, 0.15) is 28.8 Å². The third kappa shape index (κ3) is 3.56. The van der Waals surface area contributed by atoms with Crippen LogP contribution in [0.15, 0.2) is 23.1 Å². The molecule has 0 amide bonds. The second kappa shape index (κ2) is 5.90. The highest BCUT2D eigenvalue weighted by Gasteiger charge is 2.21. The van der Waals surface area contributed by atoms with Crippen LogP contribution in [-0.4, -0.2) is 33.7 Å². The van der Waals surface area contributed by atoms with Gasteiger partial charge in [-0.15, -0.1) is 0 Å². The number of benzene rings is 1. The normalized spacial score (nSPS) is 16.9. The number of sulfonamides is 1. The molecule has 6 nitrogen and oxygen atoms in total. The fourth-order valence-corrected chi connectivity index (χ4v) is 2.85. The van der Waals surface area contributed by atoms with Crippen molar-refractivity contribution in [2.75, 3.05) is 13.2 Å². The quantitative estimate of drug-likeness (QED) is 0.839. The molecule has 20 heavy (non-hydrogen) atoms. The van der Waals surface area contributed by atoms with Crippen LogP contribution in [0, 0.1) is 6.92 Å². The zero-order valence-corrected chi connectivity index (χ0v) is 12.0. The van der Waals surface area contributed by atoms with E-state index in [0.717, 1.165) is 0 Å². The Labute approximate surface area is 117 Å². The molecule has 0 spiro atoms. The number of hydrogen-bond donors (Lipinski definition) is 1. The average Bonchev–Trinajstić information content (AvgIpc) is 2.39. The van der Waals surface area contributed by atoms with E-state index in [1.807, 2.05) is 0 Å². The highest BCUT2D eigenvalue weighted by molar-refractivity contribution is 7.89. The van der Waals surface area contributed by atoms with Gasteiger partial charge in [-0.3, -0.25) is 0 Å². The molecule has 1 fully saturated rings. The predicted molar refractivity (Wildman–Crippen MR) is 71.8 cm³/mol. The summed E-state index contributed by atoms with van der Waals surface area (Å²) in [5.41, 5.74) is 0.682. The zero-order valence-electron chi connectivity index (χ0n) is 11.2. The Balaban J connectivity index is 2.18. The smallest absolute Gasteiger partial charge is 0.338 e. The Kier molecular flexibility index (Phi) is 4.42.